The number of fused-ring (bicyclic) bond motifs is 1. The molecule has 2 heteroatoms. The molecule has 1 N–H and O–H groups in total. The number of aromatic nitrogens is 1. The summed E-state index contributed by atoms with van der Waals surface area (Å²) >= 11 is 0. The number of H-pyrrole nitrogens is 1. The molecule has 0 spiro atoms. The van der Waals surface area contributed by atoms with E-state index >= 15 is 0 Å². The summed E-state index contributed by atoms with van der Waals surface area (Å²) in [6, 6.07) is 7.94. The fourth-order valence-corrected chi connectivity index (χ4v) is 1.92. The predicted octanol–water partition coefficient (Wildman–Crippen LogP) is 2.91. The quantitative estimate of drug-likeness (QED) is 0.727. The highest BCUT2D eigenvalue weighted by molar-refractivity contribution is 5.85. The molecule has 0 aliphatic carbocycles. The van der Waals surface area contributed by atoms with Crippen molar-refractivity contribution in [2.75, 3.05) is 0 Å². The molecule has 1 aromatic heterocycles. The van der Waals surface area contributed by atoms with Gasteiger partial charge in [0.05, 0.1) is 11.6 Å². The Hall–Kier alpha value is -1.75. The van der Waals surface area contributed by atoms with Gasteiger partial charge >= 0.3 is 0 Å². The van der Waals surface area contributed by atoms with Crippen LogP contribution in [0.3, 0.4) is 0 Å². The van der Waals surface area contributed by atoms with Crippen LogP contribution in [0.15, 0.2) is 18.2 Å². The Kier molecular flexibility index (Phi) is 2.01. The summed E-state index contributed by atoms with van der Waals surface area (Å²) < 4.78 is 0. The second-order valence-electron chi connectivity index (χ2n) is 3.45. The first kappa shape index (κ1) is 8.83. The lowest BCUT2D eigenvalue weighted by Gasteiger charge is -1.94. The molecule has 0 unspecified atom stereocenters. The number of rotatable bonds is 1. The van der Waals surface area contributed by atoms with Crippen LogP contribution in [-0.2, 0) is 6.42 Å². The highest BCUT2D eigenvalue weighted by Crippen LogP contribution is 2.23. The maximum Gasteiger partial charge on any atom is 0.0992 e. The molecule has 0 amide bonds. The Morgan fingerprint density at radius 2 is 2.21 bits per heavy atom. The number of aryl methyl sites for hydroxylation is 2. The van der Waals surface area contributed by atoms with Crippen molar-refractivity contribution in [3.05, 3.63) is 35.0 Å². The van der Waals surface area contributed by atoms with E-state index in [1.165, 1.54) is 16.6 Å². The average Bonchev–Trinajstić information content (AvgIpc) is 2.51. The van der Waals surface area contributed by atoms with Crippen molar-refractivity contribution >= 4 is 10.9 Å². The number of aromatic amines is 1. The third-order valence-electron chi connectivity index (χ3n) is 2.60. The van der Waals surface area contributed by atoms with Gasteiger partial charge in [0, 0.05) is 16.6 Å². The van der Waals surface area contributed by atoms with Crippen LogP contribution in [0.2, 0.25) is 0 Å². The summed E-state index contributed by atoms with van der Waals surface area (Å²) in [6.07, 6.45) is 1.03. The van der Waals surface area contributed by atoms with Gasteiger partial charge in [0.1, 0.15) is 0 Å². The van der Waals surface area contributed by atoms with Gasteiger partial charge in [0.25, 0.3) is 0 Å². The minimum Gasteiger partial charge on any atom is -0.358 e. The SMILES string of the molecule is CCc1c(C)[nH]c2cc(C#N)ccc12. The molecular weight excluding hydrogens is 172 g/mol. The molecule has 1 heterocycles. The highest BCUT2D eigenvalue weighted by atomic mass is 14.7. The van der Waals surface area contributed by atoms with Crippen molar-refractivity contribution < 1.29 is 0 Å². The molecule has 2 nitrogen and oxygen atoms in total. The van der Waals surface area contributed by atoms with Crippen LogP contribution in [0.1, 0.15) is 23.7 Å². The molecule has 0 saturated heterocycles. The highest BCUT2D eigenvalue weighted by Gasteiger charge is 2.06. The Morgan fingerprint density at radius 3 is 2.86 bits per heavy atom. The lowest BCUT2D eigenvalue weighted by atomic mass is 10.1. The second kappa shape index (κ2) is 3.19. The monoisotopic (exact) mass is 184 g/mol. The summed E-state index contributed by atoms with van der Waals surface area (Å²) in [5.74, 6) is 0. The van der Waals surface area contributed by atoms with Gasteiger partial charge in [-0.3, -0.25) is 0 Å². The lowest BCUT2D eigenvalue weighted by Crippen LogP contribution is -1.80. The van der Waals surface area contributed by atoms with E-state index in [-0.39, 0.29) is 0 Å². The summed E-state index contributed by atoms with van der Waals surface area (Å²) in [6.45, 7) is 4.22. The number of hydrogen-bond acceptors (Lipinski definition) is 1. The summed E-state index contributed by atoms with van der Waals surface area (Å²) in [5, 5.41) is 10.0. The van der Waals surface area contributed by atoms with Gasteiger partial charge in [-0.25, -0.2) is 0 Å². The molecule has 70 valence electrons. The number of nitrogens with zero attached hydrogens (tertiary/aromatic N) is 1. The Bertz CT molecular complexity index is 515. The van der Waals surface area contributed by atoms with Crippen molar-refractivity contribution in [1.82, 2.24) is 4.98 Å². The molecule has 0 aliphatic heterocycles. The standard InChI is InChI=1S/C12H12N2/c1-3-10-8(2)14-12-6-9(7-13)4-5-11(10)12/h4-6,14H,3H2,1-2H3. The van der Waals surface area contributed by atoms with Crippen molar-refractivity contribution in [2.45, 2.75) is 20.3 Å². The molecule has 2 rings (SSSR count). The van der Waals surface area contributed by atoms with E-state index in [9.17, 15) is 0 Å². The molecule has 14 heavy (non-hydrogen) atoms. The third kappa shape index (κ3) is 1.18. The first-order valence-corrected chi connectivity index (χ1v) is 4.77. The Labute approximate surface area is 83.2 Å². The predicted molar refractivity (Wildman–Crippen MR) is 57.1 cm³/mol. The summed E-state index contributed by atoms with van der Waals surface area (Å²) in [4.78, 5) is 3.30. The van der Waals surface area contributed by atoms with Crippen LogP contribution in [-0.4, -0.2) is 4.98 Å². The smallest absolute Gasteiger partial charge is 0.0992 e. The Balaban J connectivity index is 2.76. The lowest BCUT2D eigenvalue weighted by molar-refractivity contribution is 1.11. The van der Waals surface area contributed by atoms with E-state index in [0.29, 0.717) is 5.56 Å². The molecule has 0 radical (unpaired) electrons. The van der Waals surface area contributed by atoms with Crippen molar-refractivity contribution in [3.63, 3.8) is 0 Å². The topological polar surface area (TPSA) is 39.6 Å². The minimum absolute atomic E-state index is 0.710. The van der Waals surface area contributed by atoms with Gasteiger partial charge in [-0.05, 0) is 31.0 Å². The number of benzene rings is 1. The van der Waals surface area contributed by atoms with Crippen LogP contribution >= 0.6 is 0 Å². The molecule has 2 aromatic rings. The van der Waals surface area contributed by atoms with E-state index in [4.69, 9.17) is 5.26 Å². The summed E-state index contributed by atoms with van der Waals surface area (Å²) in [5.41, 5.74) is 4.34. The maximum absolute atomic E-state index is 8.77. The van der Waals surface area contributed by atoms with Gasteiger partial charge in [-0.15, -0.1) is 0 Å². The van der Waals surface area contributed by atoms with Crippen LogP contribution in [0.25, 0.3) is 10.9 Å². The minimum atomic E-state index is 0.710. The van der Waals surface area contributed by atoms with E-state index < -0.39 is 0 Å². The molecule has 0 bridgehead atoms. The van der Waals surface area contributed by atoms with E-state index in [1.54, 1.807) is 0 Å². The van der Waals surface area contributed by atoms with E-state index in [0.717, 1.165) is 11.9 Å². The molecule has 0 fully saturated rings. The molecule has 0 aliphatic rings. The first-order chi connectivity index (χ1) is 6.76. The van der Waals surface area contributed by atoms with Crippen molar-refractivity contribution in [1.29, 1.82) is 5.26 Å². The van der Waals surface area contributed by atoms with Gasteiger partial charge in [-0.1, -0.05) is 13.0 Å². The summed E-state index contributed by atoms with van der Waals surface area (Å²) in [7, 11) is 0. The Morgan fingerprint density at radius 1 is 1.43 bits per heavy atom. The fraction of sp³-hybridized carbons (Fsp3) is 0.250. The largest absolute Gasteiger partial charge is 0.358 e. The van der Waals surface area contributed by atoms with Crippen molar-refractivity contribution in [2.24, 2.45) is 0 Å². The molecule has 0 atom stereocenters. The van der Waals surface area contributed by atoms with Crippen LogP contribution in [0.4, 0.5) is 0 Å². The maximum atomic E-state index is 8.77. The fourth-order valence-electron chi connectivity index (χ4n) is 1.92. The van der Waals surface area contributed by atoms with Crippen LogP contribution in [0, 0.1) is 18.3 Å². The van der Waals surface area contributed by atoms with Gasteiger partial charge in [0.2, 0.25) is 0 Å². The third-order valence-corrected chi connectivity index (χ3v) is 2.60. The van der Waals surface area contributed by atoms with Gasteiger partial charge in [-0.2, -0.15) is 5.26 Å². The number of hydrogen-bond donors (Lipinski definition) is 1. The van der Waals surface area contributed by atoms with Crippen molar-refractivity contribution in [3.8, 4) is 6.07 Å². The number of nitrogens with one attached hydrogen (secondary N) is 1. The number of nitriles is 1. The van der Waals surface area contributed by atoms with Gasteiger partial charge < -0.3 is 4.98 Å². The van der Waals surface area contributed by atoms with Crippen LogP contribution < -0.4 is 0 Å². The average molecular weight is 184 g/mol. The zero-order chi connectivity index (χ0) is 10.1. The van der Waals surface area contributed by atoms with E-state index in [2.05, 4.69) is 24.9 Å². The van der Waals surface area contributed by atoms with Gasteiger partial charge in [0.15, 0.2) is 0 Å². The normalized spacial score (nSPS) is 10.4. The van der Waals surface area contributed by atoms with Crippen LogP contribution in [0.5, 0.6) is 0 Å². The molecule has 0 saturated carbocycles. The zero-order valence-corrected chi connectivity index (χ0v) is 8.39. The second-order valence-corrected chi connectivity index (χ2v) is 3.45. The molecular formula is C12H12N2. The first-order valence-electron chi connectivity index (χ1n) is 4.77. The van der Waals surface area contributed by atoms with E-state index in [1.807, 2.05) is 18.2 Å². The zero-order valence-electron chi connectivity index (χ0n) is 8.39. The molecule has 1 aromatic carbocycles.